The highest BCUT2D eigenvalue weighted by atomic mass is 32.2. The summed E-state index contributed by atoms with van der Waals surface area (Å²) in [5.41, 5.74) is -0.517. The highest BCUT2D eigenvalue weighted by Gasteiger charge is 2.67. The van der Waals surface area contributed by atoms with E-state index in [1.165, 1.54) is 38.5 Å². The summed E-state index contributed by atoms with van der Waals surface area (Å²) in [5.74, 6) is -0.738. The summed E-state index contributed by atoms with van der Waals surface area (Å²) >= 11 is 0. The van der Waals surface area contributed by atoms with Crippen molar-refractivity contribution in [3.05, 3.63) is 0 Å². The Labute approximate surface area is 327 Å². The second kappa shape index (κ2) is 16.2. The summed E-state index contributed by atoms with van der Waals surface area (Å²) in [5, 5.41) is 9.24. The molecule has 0 amide bonds. The lowest BCUT2D eigenvalue weighted by molar-refractivity contribution is -0.216. The van der Waals surface area contributed by atoms with E-state index in [9.17, 15) is 13.5 Å². The number of aliphatic hydroxyl groups is 1. The molecule has 0 aromatic rings. The van der Waals surface area contributed by atoms with Crippen LogP contribution in [0.2, 0.25) is 0 Å². The van der Waals surface area contributed by atoms with Gasteiger partial charge >= 0.3 is 0 Å². The minimum atomic E-state index is -3.41. The number of rotatable bonds is 6. The Bertz CT molecular complexity index is 1410. The van der Waals surface area contributed by atoms with E-state index >= 15 is 0 Å². The maximum absolute atomic E-state index is 11.2. The van der Waals surface area contributed by atoms with Gasteiger partial charge in [-0.1, -0.05) is 12.8 Å². The Morgan fingerprint density at radius 2 is 1.05 bits per heavy atom. The van der Waals surface area contributed by atoms with Crippen LogP contribution >= 0.6 is 0 Å². The lowest BCUT2D eigenvalue weighted by atomic mass is 9.76. The van der Waals surface area contributed by atoms with Gasteiger partial charge in [-0.15, -0.1) is 0 Å². The van der Waals surface area contributed by atoms with Gasteiger partial charge in [0.1, 0.15) is 12.2 Å². The fourth-order valence-corrected chi connectivity index (χ4v) is 12.4. The van der Waals surface area contributed by atoms with Gasteiger partial charge in [0.05, 0.1) is 72.9 Å². The molecule has 7 aliphatic heterocycles. The number of hydrogen-bond donors (Lipinski definition) is 1. The predicted octanol–water partition coefficient (Wildman–Crippen LogP) is 5.37. The summed E-state index contributed by atoms with van der Waals surface area (Å²) in [6, 6.07) is 0. The SMILES string of the molecule is C1CCOC1.CS(=O)(=O)OCC[C@H]1CC[C@@H]2O[C@@H]3C[C@]2(C[C@H]2OC4(CCCCC4)OC32)O1.OCC[C@H]1CC[C@@H]2O[C@@H]3C[C@]2(C[C@H]2OC4(CCCCC4)OC32)O1. The molecular weight excluding hydrogens is 733 g/mol. The smallest absolute Gasteiger partial charge is 0.264 e. The van der Waals surface area contributed by atoms with Gasteiger partial charge in [0.25, 0.3) is 10.1 Å². The average Bonchev–Trinajstić information content (AvgIpc) is 3.99. The van der Waals surface area contributed by atoms with Crippen LogP contribution in [0.4, 0.5) is 0 Å². The van der Waals surface area contributed by atoms with E-state index in [2.05, 4.69) is 0 Å². The summed E-state index contributed by atoms with van der Waals surface area (Å²) in [6.45, 7) is 2.37. The number of fused-ring (bicyclic) bond motifs is 6. The van der Waals surface area contributed by atoms with Crippen LogP contribution in [-0.4, -0.2) is 130 Å². The van der Waals surface area contributed by atoms with E-state index in [0.29, 0.717) is 6.42 Å². The Morgan fingerprint density at radius 1 is 0.582 bits per heavy atom. The molecule has 13 nitrogen and oxygen atoms in total. The molecule has 55 heavy (non-hydrogen) atoms. The van der Waals surface area contributed by atoms with Crippen LogP contribution in [0.3, 0.4) is 0 Å². The molecule has 11 aliphatic rings. The van der Waals surface area contributed by atoms with Gasteiger partial charge in [-0.05, 0) is 77.0 Å². The number of aliphatic hydroxyl groups excluding tert-OH is 1. The zero-order chi connectivity index (χ0) is 37.7. The fourth-order valence-electron chi connectivity index (χ4n) is 12.1. The standard InChI is InChI=1S/C19H30O7S.C18H28O5.C4H8O/c1-27(20,21)22-10-7-13-5-6-16-18(24-13)11-14(23-16)17-15(12-18)25-19(26-17)8-3-2-4-9-19;19-9-6-12-4-5-15-17(21-12)10-13(20-15)16-14(11-17)22-18(23-16)7-2-1-3-8-18;1-2-4-5-3-1/h13-17H,2-12H2,1H3;12-16,19H,1-11H2;1-4H2/t13-,14-,15-,16+,17?,18-;12-,13-,14-,15+,16?,17-;/m11./s1. The van der Waals surface area contributed by atoms with Crippen molar-refractivity contribution in [2.24, 2.45) is 0 Å². The van der Waals surface area contributed by atoms with Gasteiger partial charge in [0.15, 0.2) is 11.6 Å². The Morgan fingerprint density at radius 3 is 1.49 bits per heavy atom. The summed E-state index contributed by atoms with van der Waals surface area (Å²) in [7, 11) is -3.41. The summed E-state index contributed by atoms with van der Waals surface area (Å²) in [4.78, 5) is 0. The van der Waals surface area contributed by atoms with E-state index in [1.54, 1.807) is 0 Å². The lowest BCUT2D eigenvalue weighted by Gasteiger charge is -2.44. The molecule has 314 valence electrons. The molecule has 1 N–H and O–H groups in total. The van der Waals surface area contributed by atoms with Gasteiger partial charge in [-0.2, -0.15) is 8.42 Å². The number of hydrogen-bond acceptors (Lipinski definition) is 13. The molecule has 0 radical (unpaired) electrons. The predicted molar refractivity (Wildman–Crippen MR) is 198 cm³/mol. The first-order chi connectivity index (χ1) is 26.6. The van der Waals surface area contributed by atoms with Crippen molar-refractivity contribution in [1.29, 1.82) is 0 Å². The third-order valence-corrected chi connectivity index (χ3v) is 15.1. The van der Waals surface area contributed by atoms with Crippen LogP contribution in [-0.2, 0) is 56.9 Å². The molecule has 7 heterocycles. The molecule has 4 saturated carbocycles. The molecule has 2 unspecified atom stereocenters. The van der Waals surface area contributed by atoms with Crippen LogP contribution in [0, 0.1) is 0 Å². The molecule has 0 aromatic carbocycles. The molecule has 4 spiro atoms. The van der Waals surface area contributed by atoms with Gasteiger partial charge in [0, 0.05) is 71.2 Å². The molecule has 11 rings (SSSR count). The maximum Gasteiger partial charge on any atom is 0.264 e. The second-order valence-electron chi connectivity index (χ2n) is 18.5. The first kappa shape index (κ1) is 39.9. The molecule has 14 heteroatoms. The first-order valence-electron chi connectivity index (χ1n) is 22.0. The monoisotopic (exact) mass is 798 g/mol. The van der Waals surface area contributed by atoms with Crippen molar-refractivity contribution >= 4 is 10.1 Å². The summed E-state index contributed by atoms with van der Waals surface area (Å²) in [6.07, 6.45) is 24.4. The molecule has 7 saturated heterocycles. The van der Waals surface area contributed by atoms with Crippen LogP contribution in [0.15, 0.2) is 0 Å². The van der Waals surface area contributed by atoms with Gasteiger partial charge in [-0.25, -0.2) is 0 Å². The van der Waals surface area contributed by atoms with Crippen LogP contribution in [0.5, 0.6) is 0 Å². The van der Waals surface area contributed by atoms with Crippen molar-refractivity contribution < 1.29 is 60.3 Å². The zero-order valence-corrected chi connectivity index (χ0v) is 33.7. The Balaban J connectivity index is 0.000000129. The van der Waals surface area contributed by atoms with E-state index in [-0.39, 0.29) is 91.2 Å². The van der Waals surface area contributed by atoms with Crippen LogP contribution < -0.4 is 0 Å². The van der Waals surface area contributed by atoms with Gasteiger partial charge < -0.3 is 47.7 Å². The molecule has 0 aromatic heterocycles. The molecule has 4 bridgehead atoms. The minimum Gasteiger partial charge on any atom is -0.396 e. The van der Waals surface area contributed by atoms with Crippen molar-refractivity contribution in [3.63, 3.8) is 0 Å². The van der Waals surface area contributed by atoms with Crippen LogP contribution in [0.1, 0.15) is 141 Å². The molecule has 11 fully saturated rings. The lowest BCUT2D eigenvalue weighted by Crippen LogP contribution is -2.53. The van der Waals surface area contributed by atoms with Gasteiger partial charge in [-0.3, -0.25) is 4.18 Å². The quantitative estimate of drug-likeness (QED) is 0.344. The van der Waals surface area contributed by atoms with Gasteiger partial charge in [0.2, 0.25) is 0 Å². The number of ether oxygens (including phenoxy) is 9. The van der Waals surface area contributed by atoms with E-state index < -0.39 is 15.9 Å². The topological polar surface area (TPSA) is 147 Å². The van der Waals surface area contributed by atoms with Crippen molar-refractivity contribution in [1.82, 2.24) is 0 Å². The first-order valence-corrected chi connectivity index (χ1v) is 23.8. The van der Waals surface area contributed by atoms with Crippen molar-refractivity contribution in [3.8, 4) is 0 Å². The minimum absolute atomic E-state index is 0.00728. The van der Waals surface area contributed by atoms with Crippen molar-refractivity contribution in [2.75, 3.05) is 32.7 Å². The highest BCUT2D eigenvalue weighted by Crippen LogP contribution is 2.57. The molecular formula is C41H66O13S. The Kier molecular flexibility index (Phi) is 11.7. The third-order valence-electron chi connectivity index (χ3n) is 14.5. The van der Waals surface area contributed by atoms with Crippen molar-refractivity contribution in [2.45, 2.75) is 225 Å². The Hall–Kier alpha value is -0.490. The van der Waals surface area contributed by atoms with E-state index in [0.717, 1.165) is 116 Å². The average molecular weight is 799 g/mol. The normalized spacial score (nSPS) is 45.8. The summed E-state index contributed by atoms with van der Waals surface area (Å²) < 4.78 is 83.9. The largest absolute Gasteiger partial charge is 0.396 e. The third kappa shape index (κ3) is 8.34. The van der Waals surface area contributed by atoms with Crippen LogP contribution in [0.25, 0.3) is 0 Å². The van der Waals surface area contributed by atoms with E-state index in [1.807, 2.05) is 0 Å². The molecule has 4 aliphatic carbocycles. The fraction of sp³-hybridized carbons (Fsp3) is 1.00. The second-order valence-corrected chi connectivity index (χ2v) is 20.1. The zero-order valence-electron chi connectivity index (χ0n) is 32.9. The van der Waals surface area contributed by atoms with E-state index in [4.69, 9.17) is 46.8 Å². The highest BCUT2D eigenvalue weighted by molar-refractivity contribution is 7.85. The maximum atomic E-state index is 11.2. The molecule has 12 atom stereocenters.